The Balaban J connectivity index is 0.000000443. The van der Waals surface area contributed by atoms with Crippen LogP contribution in [-0.4, -0.2) is 124 Å². The average Bonchev–Trinajstić information content (AvgIpc) is 4.09. The van der Waals surface area contributed by atoms with Crippen LogP contribution in [-0.2, 0) is 38.2 Å². The van der Waals surface area contributed by atoms with E-state index in [1.54, 1.807) is 38.4 Å². The second-order valence-electron chi connectivity index (χ2n) is 16.2. The molecule has 26 heteroatoms. The van der Waals surface area contributed by atoms with Crippen LogP contribution >= 0.6 is 36.6 Å². The number of carbonyl (C=O) groups is 10. The standard InChI is InChI=1S/C23H28N2O8S.C20H18N4O6S2.C7H12O2.Na/c1-4-5-9-32-23(31)16(34)10-12(2)22(30)25-13(3)18(20(28)21(24)29)19-14(25)7-6-8-15(19)33-11-17(26)27;1-10-15(17(27)18(21)28)16-12(5-3-6-13(16)30-9-14(25)26)24(10)19(29)11(2)32-20(31)23-8-4-7-22-23;1-3-5-6-9-7(8)4-2;/h6-8,12,16,34H,4-5,9-11H2,1-3H3,(H2,24,29)(H,26,27);3-8,11H,9H2,1-2H3,(H2,21,28)(H,25,26);4H,2-3,5-6H2,1H3;/q;;;+1/p-1. The number of nitrogens with two attached hydrogens (primary N) is 2. The number of amides is 2. The molecule has 5 aromatic rings. The first-order valence-electron chi connectivity index (χ1n) is 23.0. The van der Waals surface area contributed by atoms with Crippen LogP contribution in [0.15, 0.2) is 67.5 Å². The summed E-state index contributed by atoms with van der Waals surface area (Å²) >= 11 is 10.7. The van der Waals surface area contributed by atoms with Crippen molar-refractivity contribution in [1.82, 2.24) is 18.9 Å². The van der Waals surface area contributed by atoms with Crippen LogP contribution in [0.1, 0.15) is 101 Å². The van der Waals surface area contributed by atoms with Crippen molar-refractivity contribution < 1.29 is 107 Å². The SMILES string of the molecule is C=CC(=O)OCCCC.CCCCOC(=O)C(S)CC(C)C(=O)n1c(C)c(C(=O)C(N)=O)c2c(OCC(=O)O)cccc21.Cc1c(C(=O)C(N)=O)c2c(OCC(=O)[O-])cccc2n1C(=O)C(C)SC(=S)n1cccn1.[Na+]. The number of benzene rings is 2. The van der Waals surface area contributed by atoms with Crippen molar-refractivity contribution in [3.63, 3.8) is 0 Å². The second-order valence-corrected chi connectivity index (χ2v) is 18.8. The van der Waals surface area contributed by atoms with Crippen LogP contribution in [0.5, 0.6) is 11.5 Å². The number of hydrogen-bond acceptors (Lipinski definition) is 19. The van der Waals surface area contributed by atoms with Gasteiger partial charge >= 0.3 is 47.5 Å². The third-order valence-electron chi connectivity index (χ3n) is 10.7. The molecule has 5 N–H and O–H groups in total. The molecule has 3 aromatic heterocycles. The van der Waals surface area contributed by atoms with Gasteiger partial charge in [-0.25, -0.2) is 14.3 Å². The van der Waals surface area contributed by atoms with Crippen molar-refractivity contribution in [2.45, 2.75) is 84.1 Å². The molecule has 0 bridgehead atoms. The minimum absolute atomic E-state index is 0. The minimum Gasteiger partial charge on any atom is -0.546 e. The molecule has 402 valence electrons. The van der Waals surface area contributed by atoms with Crippen molar-refractivity contribution >= 4 is 122 Å². The second kappa shape index (κ2) is 31.4. The fraction of sp³-hybridized carbons (Fsp3) is 0.360. The summed E-state index contributed by atoms with van der Waals surface area (Å²) in [4.78, 5) is 120. The van der Waals surface area contributed by atoms with E-state index < -0.39 is 82.7 Å². The van der Waals surface area contributed by atoms with Gasteiger partial charge in [-0.1, -0.05) is 76.3 Å². The van der Waals surface area contributed by atoms with E-state index in [0.29, 0.717) is 10.9 Å². The van der Waals surface area contributed by atoms with E-state index in [0.717, 1.165) is 37.4 Å². The number of carbonyl (C=O) groups excluding carboxylic acids is 9. The molecule has 3 heterocycles. The molecule has 2 amide bonds. The number of Topliss-reactive ketones (excluding diaryl/α,β-unsaturated/α-hetero) is 2. The molecular formula is C50H57N6NaO16S3. The van der Waals surface area contributed by atoms with Gasteiger partial charge in [-0.2, -0.15) is 17.7 Å². The van der Waals surface area contributed by atoms with E-state index >= 15 is 0 Å². The fourth-order valence-corrected chi connectivity index (χ4v) is 8.76. The maximum Gasteiger partial charge on any atom is 1.00 e. The zero-order valence-electron chi connectivity index (χ0n) is 42.9. The van der Waals surface area contributed by atoms with E-state index in [4.69, 9.17) is 43.0 Å². The topological polar surface area (TPSA) is 331 Å². The Morgan fingerprint density at radius 1 is 0.803 bits per heavy atom. The first-order chi connectivity index (χ1) is 35.4. The third-order valence-corrected chi connectivity index (χ3v) is 12.5. The number of thiol groups is 1. The molecule has 0 fully saturated rings. The number of aromatic nitrogens is 4. The molecule has 0 aliphatic rings. The Kier molecular flexibility index (Phi) is 27.1. The van der Waals surface area contributed by atoms with Gasteiger partial charge < -0.3 is 45.4 Å². The number of hydrogen-bond donors (Lipinski definition) is 4. The van der Waals surface area contributed by atoms with E-state index in [1.807, 2.05) is 13.8 Å². The van der Waals surface area contributed by atoms with Crippen molar-refractivity contribution in [1.29, 1.82) is 0 Å². The zero-order valence-corrected chi connectivity index (χ0v) is 47.4. The van der Waals surface area contributed by atoms with Crippen LogP contribution in [0.3, 0.4) is 0 Å². The Bertz CT molecular complexity index is 2990. The number of nitrogens with zero attached hydrogens (tertiary/aromatic N) is 4. The van der Waals surface area contributed by atoms with Gasteiger partial charge in [-0.3, -0.25) is 42.7 Å². The molecule has 0 saturated carbocycles. The molecular weight excluding hydrogens is 1060 g/mol. The van der Waals surface area contributed by atoms with Crippen molar-refractivity contribution in [2.75, 3.05) is 26.4 Å². The molecule has 0 saturated heterocycles. The zero-order chi connectivity index (χ0) is 56.3. The smallest absolute Gasteiger partial charge is 0.546 e. The van der Waals surface area contributed by atoms with Crippen LogP contribution in [0.2, 0.25) is 0 Å². The molecule has 3 atom stereocenters. The van der Waals surface area contributed by atoms with E-state index in [-0.39, 0.29) is 104 Å². The summed E-state index contributed by atoms with van der Waals surface area (Å²) in [6, 6.07) is 10.7. The molecule has 5 rings (SSSR count). The van der Waals surface area contributed by atoms with Gasteiger partial charge in [-0.15, -0.1) is 0 Å². The van der Waals surface area contributed by atoms with Crippen molar-refractivity contribution in [2.24, 2.45) is 17.4 Å². The molecule has 2 aromatic carbocycles. The number of primary amides is 2. The Morgan fingerprint density at radius 3 is 1.72 bits per heavy atom. The summed E-state index contributed by atoms with van der Waals surface area (Å²) in [7, 11) is 0. The summed E-state index contributed by atoms with van der Waals surface area (Å²) in [6.07, 6.45) is 8.01. The van der Waals surface area contributed by atoms with E-state index in [2.05, 4.69) is 29.0 Å². The predicted molar refractivity (Wildman–Crippen MR) is 281 cm³/mol. The molecule has 22 nitrogen and oxygen atoms in total. The number of thiocarbonyl (C=S) groups is 1. The van der Waals surface area contributed by atoms with Crippen LogP contribution in [0.4, 0.5) is 0 Å². The summed E-state index contributed by atoms with van der Waals surface area (Å²) in [5.41, 5.74) is 10.9. The van der Waals surface area contributed by atoms with Gasteiger partial charge in [0.1, 0.15) is 23.4 Å². The van der Waals surface area contributed by atoms with Gasteiger partial charge in [0.25, 0.3) is 23.4 Å². The molecule has 0 radical (unpaired) electrons. The number of esters is 2. The number of unbranched alkanes of at least 4 members (excludes halogenated alkanes) is 2. The third kappa shape index (κ3) is 17.5. The molecule has 0 aliphatic heterocycles. The van der Waals surface area contributed by atoms with Crippen LogP contribution in [0, 0.1) is 19.8 Å². The average molecular weight is 1120 g/mol. The molecule has 0 aliphatic carbocycles. The minimum atomic E-state index is -1.48. The molecule has 76 heavy (non-hydrogen) atoms. The Morgan fingerprint density at radius 2 is 1.29 bits per heavy atom. The normalized spacial score (nSPS) is 11.7. The number of thioether (sulfide) groups is 1. The summed E-state index contributed by atoms with van der Waals surface area (Å²) in [6.45, 7) is 12.8. The number of carboxylic acids is 2. The maximum absolute atomic E-state index is 13.4. The largest absolute Gasteiger partial charge is 1.00 e. The molecule has 0 spiro atoms. The van der Waals surface area contributed by atoms with Gasteiger partial charge in [0, 0.05) is 35.8 Å². The maximum atomic E-state index is 13.4. The Hall–Kier alpha value is -6.64. The number of ketones is 2. The number of aliphatic carboxylic acids is 2. The molecule has 3 unspecified atom stereocenters. The Labute approximate surface area is 473 Å². The van der Waals surface area contributed by atoms with Crippen LogP contribution in [0.25, 0.3) is 21.8 Å². The van der Waals surface area contributed by atoms with Gasteiger partial charge in [-0.05, 0) is 70.4 Å². The monoisotopic (exact) mass is 1120 g/mol. The number of carboxylic acid groups (broad SMARTS) is 2. The number of fused-ring (bicyclic) bond motifs is 2. The number of ether oxygens (including phenoxy) is 4. The van der Waals surface area contributed by atoms with Gasteiger partial charge in [0.15, 0.2) is 10.9 Å². The van der Waals surface area contributed by atoms with Gasteiger partial charge in [0.2, 0.25) is 11.8 Å². The summed E-state index contributed by atoms with van der Waals surface area (Å²) < 4.78 is 24.7. The number of rotatable bonds is 23. The summed E-state index contributed by atoms with van der Waals surface area (Å²) in [5, 5.41) is 22.5. The van der Waals surface area contributed by atoms with Gasteiger partial charge in [0.05, 0.1) is 57.4 Å². The first kappa shape index (κ1) is 65.5. The quantitative estimate of drug-likeness (QED) is 0.0105. The fourth-order valence-electron chi connectivity index (χ4n) is 7.10. The first-order valence-corrected chi connectivity index (χ1v) is 24.8. The summed E-state index contributed by atoms with van der Waals surface area (Å²) in [5.74, 6) is -9.70. The van der Waals surface area contributed by atoms with Crippen LogP contribution < -0.4 is 55.6 Å². The van der Waals surface area contributed by atoms with Crippen molar-refractivity contribution in [3.05, 3.63) is 90.0 Å². The predicted octanol–water partition coefficient (Wildman–Crippen LogP) is 1.45. The van der Waals surface area contributed by atoms with E-state index in [1.165, 1.54) is 64.1 Å². The van der Waals surface area contributed by atoms with Crippen molar-refractivity contribution in [3.8, 4) is 11.5 Å². The van der Waals surface area contributed by atoms with E-state index in [9.17, 15) is 53.1 Å².